The van der Waals surface area contributed by atoms with Crippen molar-refractivity contribution in [2.45, 2.75) is 0 Å². The molecule has 7 nitrogen and oxygen atoms in total. The molecule has 0 atom stereocenters. The van der Waals surface area contributed by atoms with Gasteiger partial charge in [-0.2, -0.15) is 0 Å². The second-order valence-corrected chi connectivity index (χ2v) is 3.88. The van der Waals surface area contributed by atoms with E-state index in [1.807, 2.05) is 6.07 Å². The highest BCUT2D eigenvalue weighted by atomic mass is 16.7. The number of carboxylic acid groups (broad SMARTS) is 2. The molecule has 0 aliphatic heterocycles. The Labute approximate surface area is 119 Å². The molecule has 2 rings (SSSR count). The van der Waals surface area contributed by atoms with Crippen LogP contribution in [-0.4, -0.2) is 22.5 Å². The Morgan fingerprint density at radius 2 is 1.57 bits per heavy atom. The fourth-order valence-corrected chi connectivity index (χ4v) is 1.63. The molecular weight excluding hydrogens is 278 g/mol. The summed E-state index contributed by atoms with van der Waals surface area (Å²) in [6.45, 7) is 0. The highest BCUT2D eigenvalue weighted by Gasteiger charge is 2.11. The first-order valence-corrected chi connectivity index (χ1v) is 5.82. The quantitative estimate of drug-likeness (QED) is 0.584. The average molecular weight is 289 g/mol. The highest BCUT2D eigenvalue weighted by molar-refractivity contribution is 5.73. The summed E-state index contributed by atoms with van der Waals surface area (Å²) >= 11 is 0. The third kappa shape index (κ3) is 4.13. The molecule has 0 aliphatic carbocycles. The van der Waals surface area contributed by atoms with Crippen molar-refractivity contribution in [3.05, 3.63) is 48.5 Å². The maximum atomic E-state index is 10.7. The van der Waals surface area contributed by atoms with Gasteiger partial charge in [-0.25, -0.2) is 9.59 Å². The smallest absolute Gasteiger partial charge is 0.449 e. The summed E-state index contributed by atoms with van der Waals surface area (Å²) in [6.07, 6.45) is -2.94. The van der Waals surface area contributed by atoms with Crippen LogP contribution in [0.5, 0.6) is 11.5 Å². The van der Waals surface area contributed by atoms with Crippen LogP contribution in [0.4, 0.5) is 21.0 Å². The second kappa shape index (κ2) is 6.29. The van der Waals surface area contributed by atoms with Gasteiger partial charge in [0.25, 0.3) is 0 Å². The molecule has 3 N–H and O–H groups in total. The summed E-state index contributed by atoms with van der Waals surface area (Å²) in [5, 5.41) is 20.2. The monoisotopic (exact) mass is 289 g/mol. The topological polar surface area (TPSA) is 105 Å². The van der Waals surface area contributed by atoms with Gasteiger partial charge in [0.1, 0.15) is 5.75 Å². The number of hydrogen-bond donors (Lipinski definition) is 3. The molecule has 2 aromatic rings. The van der Waals surface area contributed by atoms with Crippen LogP contribution in [0.25, 0.3) is 0 Å². The van der Waals surface area contributed by atoms with E-state index in [4.69, 9.17) is 10.2 Å². The zero-order valence-corrected chi connectivity index (χ0v) is 10.6. The first-order chi connectivity index (χ1) is 10.0. The van der Waals surface area contributed by atoms with Crippen LogP contribution in [-0.2, 0) is 0 Å². The van der Waals surface area contributed by atoms with Gasteiger partial charge in [0.2, 0.25) is 0 Å². The van der Waals surface area contributed by atoms with Crippen molar-refractivity contribution >= 4 is 23.7 Å². The molecule has 0 bridgehead atoms. The fraction of sp³-hybridized carbons (Fsp3) is 0. The molecule has 0 saturated carbocycles. The SMILES string of the molecule is O=C(O)Oc1ccc(OC(=O)O)c(Nc2ccccc2)c1. The Morgan fingerprint density at radius 1 is 0.905 bits per heavy atom. The van der Waals surface area contributed by atoms with E-state index in [1.165, 1.54) is 18.2 Å². The zero-order valence-electron chi connectivity index (χ0n) is 10.6. The van der Waals surface area contributed by atoms with Gasteiger partial charge in [-0.3, -0.25) is 0 Å². The van der Waals surface area contributed by atoms with E-state index in [2.05, 4.69) is 14.8 Å². The average Bonchev–Trinajstić information content (AvgIpc) is 2.42. The molecule has 21 heavy (non-hydrogen) atoms. The second-order valence-electron chi connectivity index (χ2n) is 3.88. The lowest BCUT2D eigenvalue weighted by atomic mass is 10.2. The molecule has 7 heteroatoms. The summed E-state index contributed by atoms with van der Waals surface area (Å²) < 4.78 is 9.15. The van der Waals surface area contributed by atoms with Gasteiger partial charge < -0.3 is 25.0 Å². The highest BCUT2D eigenvalue weighted by Crippen LogP contribution is 2.32. The maximum Gasteiger partial charge on any atom is 0.511 e. The lowest BCUT2D eigenvalue weighted by molar-refractivity contribution is 0.142. The van der Waals surface area contributed by atoms with Crippen LogP contribution in [0, 0.1) is 0 Å². The van der Waals surface area contributed by atoms with Crippen molar-refractivity contribution in [2.24, 2.45) is 0 Å². The van der Waals surface area contributed by atoms with Gasteiger partial charge in [0.05, 0.1) is 5.69 Å². The van der Waals surface area contributed by atoms with Crippen LogP contribution in [0.15, 0.2) is 48.5 Å². The van der Waals surface area contributed by atoms with Gasteiger partial charge in [-0.05, 0) is 24.3 Å². The molecule has 0 aliphatic rings. The Hall–Kier alpha value is -3.22. The first-order valence-electron chi connectivity index (χ1n) is 5.82. The molecular formula is C14H11NO6. The number of para-hydroxylation sites is 1. The Morgan fingerprint density at radius 3 is 2.19 bits per heavy atom. The summed E-state index contributed by atoms with van der Waals surface area (Å²) in [4.78, 5) is 21.2. The Balaban J connectivity index is 2.33. The van der Waals surface area contributed by atoms with Crippen LogP contribution in [0.3, 0.4) is 0 Å². The van der Waals surface area contributed by atoms with E-state index < -0.39 is 12.3 Å². The van der Waals surface area contributed by atoms with Crippen molar-refractivity contribution in [2.75, 3.05) is 5.32 Å². The predicted molar refractivity (Wildman–Crippen MR) is 73.5 cm³/mol. The molecule has 0 saturated heterocycles. The van der Waals surface area contributed by atoms with Gasteiger partial charge in [0.15, 0.2) is 5.75 Å². The number of carbonyl (C=O) groups is 2. The molecule has 0 heterocycles. The Bertz CT molecular complexity index is 656. The van der Waals surface area contributed by atoms with Gasteiger partial charge in [0, 0.05) is 11.8 Å². The van der Waals surface area contributed by atoms with Crippen molar-refractivity contribution < 1.29 is 29.3 Å². The van der Waals surface area contributed by atoms with Gasteiger partial charge in [-0.1, -0.05) is 18.2 Å². The third-order valence-electron chi connectivity index (χ3n) is 2.41. The van der Waals surface area contributed by atoms with Crippen molar-refractivity contribution in [3.63, 3.8) is 0 Å². The maximum absolute atomic E-state index is 10.7. The van der Waals surface area contributed by atoms with E-state index in [1.54, 1.807) is 24.3 Å². The van der Waals surface area contributed by atoms with Crippen LogP contribution in [0.1, 0.15) is 0 Å². The van der Waals surface area contributed by atoms with E-state index in [-0.39, 0.29) is 17.2 Å². The minimum atomic E-state index is -1.47. The number of hydrogen-bond acceptors (Lipinski definition) is 5. The Kier molecular flexibility index (Phi) is 4.25. The number of ether oxygens (including phenoxy) is 2. The molecule has 0 spiro atoms. The molecule has 0 fully saturated rings. The molecule has 108 valence electrons. The van der Waals surface area contributed by atoms with E-state index in [9.17, 15) is 9.59 Å². The fourth-order valence-electron chi connectivity index (χ4n) is 1.63. The summed E-state index contributed by atoms with van der Waals surface area (Å²) in [5.41, 5.74) is 0.947. The summed E-state index contributed by atoms with van der Waals surface area (Å²) in [7, 11) is 0. The molecule has 0 radical (unpaired) electrons. The van der Waals surface area contributed by atoms with Crippen LogP contribution < -0.4 is 14.8 Å². The predicted octanol–water partition coefficient (Wildman–Crippen LogP) is 3.54. The van der Waals surface area contributed by atoms with E-state index in [0.717, 1.165) is 0 Å². The van der Waals surface area contributed by atoms with E-state index in [0.29, 0.717) is 5.69 Å². The number of anilines is 2. The minimum absolute atomic E-state index is 0.0316. The van der Waals surface area contributed by atoms with Crippen molar-refractivity contribution in [1.29, 1.82) is 0 Å². The molecule has 0 amide bonds. The normalized spacial score (nSPS) is 9.71. The number of rotatable bonds is 4. The van der Waals surface area contributed by atoms with Crippen LogP contribution in [0.2, 0.25) is 0 Å². The van der Waals surface area contributed by atoms with Gasteiger partial charge >= 0.3 is 12.3 Å². The molecule has 2 aromatic carbocycles. The summed E-state index contributed by atoms with van der Waals surface area (Å²) in [6, 6.07) is 12.9. The number of nitrogens with one attached hydrogen (secondary N) is 1. The lowest BCUT2D eigenvalue weighted by Crippen LogP contribution is -2.07. The largest absolute Gasteiger partial charge is 0.511 e. The third-order valence-corrected chi connectivity index (χ3v) is 2.41. The standard InChI is InChI=1S/C14H11NO6/c16-13(17)20-10-6-7-12(21-14(18)19)11(8-10)15-9-4-2-1-3-5-9/h1-8,15H,(H,16,17)(H,18,19). The zero-order chi connectivity index (χ0) is 15.2. The minimum Gasteiger partial charge on any atom is -0.449 e. The van der Waals surface area contributed by atoms with Crippen molar-refractivity contribution in [3.8, 4) is 11.5 Å². The lowest BCUT2D eigenvalue weighted by Gasteiger charge is -2.12. The summed E-state index contributed by atoms with van der Waals surface area (Å²) in [5.74, 6) is 0.0720. The van der Waals surface area contributed by atoms with Crippen LogP contribution >= 0.6 is 0 Å². The molecule has 0 aromatic heterocycles. The first kappa shape index (κ1) is 14.2. The number of benzene rings is 2. The molecule has 0 unspecified atom stereocenters. The van der Waals surface area contributed by atoms with Crippen molar-refractivity contribution in [1.82, 2.24) is 0 Å². The van der Waals surface area contributed by atoms with Gasteiger partial charge in [-0.15, -0.1) is 0 Å². The van der Waals surface area contributed by atoms with E-state index >= 15 is 0 Å².